The molecule has 102 valence electrons. The summed E-state index contributed by atoms with van der Waals surface area (Å²) in [5, 5.41) is 6.20. The lowest BCUT2D eigenvalue weighted by molar-refractivity contribution is 0.0769. The van der Waals surface area contributed by atoms with E-state index in [-0.39, 0.29) is 22.2 Å². The van der Waals surface area contributed by atoms with E-state index in [4.69, 9.17) is 10.7 Å². The fourth-order valence-corrected chi connectivity index (χ4v) is 3.02. The number of hydrogen-bond acceptors (Lipinski definition) is 4. The zero-order valence-electron chi connectivity index (χ0n) is 10.7. The summed E-state index contributed by atoms with van der Waals surface area (Å²) < 4.78 is 22.8. The normalized spacial score (nSPS) is 11.9. The molecule has 1 rings (SSSR count). The van der Waals surface area contributed by atoms with E-state index in [1.807, 2.05) is 13.8 Å². The third-order valence-electron chi connectivity index (χ3n) is 2.32. The Balaban J connectivity index is 3.16. The first-order valence-electron chi connectivity index (χ1n) is 5.39. The van der Waals surface area contributed by atoms with Crippen LogP contribution in [-0.4, -0.2) is 43.0 Å². The molecule has 0 aliphatic rings. The number of hydrogen-bond donors (Lipinski definition) is 1. The molecule has 0 unspecified atom stereocenters. The van der Waals surface area contributed by atoms with Gasteiger partial charge in [-0.25, -0.2) is 8.42 Å². The summed E-state index contributed by atoms with van der Waals surface area (Å²) in [6, 6.07) is 0. The molecule has 1 aromatic heterocycles. The van der Waals surface area contributed by atoms with E-state index in [9.17, 15) is 13.2 Å². The standard InChI is InChI=1S/C10H16ClN3O3S/c1-6(2)5-14(4)10(15)8-9(18(11,16)17)7(3)12-13-8/h6H,5H2,1-4H3,(H,12,13). The monoisotopic (exact) mass is 293 g/mol. The first-order valence-corrected chi connectivity index (χ1v) is 7.70. The molecule has 0 saturated heterocycles. The van der Waals surface area contributed by atoms with Crippen molar-refractivity contribution < 1.29 is 13.2 Å². The van der Waals surface area contributed by atoms with Crippen LogP contribution >= 0.6 is 10.7 Å². The number of carbonyl (C=O) groups is 1. The minimum absolute atomic E-state index is 0.161. The molecule has 0 saturated carbocycles. The summed E-state index contributed by atoms with van der Waals surface area (Å²) in [5.41, 5.74) is 0.0944. The molecule has 0 fully saturated rings. The number of nitrogens with one attached hydrogen (secondary N) is 1. The number of carbonyl (C=O) groups excluding carboxylic acids is 1. The maximum Gasteiger partial charge on any atom is 0.275 e. The van der Waals surface area contributed by atoms with Gasteiger partial charge in [-0.05, 0) is 12.8 Å². The van der Waals surface area contributed by atoms with Crippen molar-refractivity contribution in [2.75, 3.05) is 13.6 Å². The van der Waals surface area contributed by atoms with Crippen LogP contribution in [0.15, 0.2) is 4.90 Å². The van der Waals surface area contributed by atoms with Crippen LogP contribution in [0.3, 0.4) is 0 Å². The Morgan fingerprint density at radius 3 is 2.50 bits per heavy atom. The second-order valence-corrected chi connectivity index (χ2v) is 7.05. The molecule has 1 amide bonds. The van der Waals surface area contributed by atoms with Gasteiger partial charge in [0.15, 0.2) is 5.69 Å². The van der Waals surface area contributed by atoms with Gasteiger partial charge < -0.3 is 4.90 Å². The maximum atomic E-state index is 12.1. The number of aryl methyl sites for hydroxylation is 1. The van der Waals surface area contributed by atoms with Crippen LogP contribution < -0.4 is 0 Å². The zero-order valence-corrected chi connectivity index (χ0v) is 12.3. The number of amides is 1. The minimum atomic E-state index is -4.00. The Hall–Kier alpha value is -1.08. The van der Waals surface area contributed by atoms with Gasteiger partial charge in [0.25, 0.3) is 15.0 Å². The molecule has 1 aromatic rings. The predicted molar refractivity (Wildman–Crippen MR) is 68.2 cm³/mol. The van der Waals surface area contributed by atoms with Crippen LogP contribution in [0.1, 0.15) is 30.0 Å². The average Bonchev–Trinajstić information content (AvgIpc) is 2.57. The molecule has 0 aliphatic carbocycles. The molecule has 6 nitrogen and oxygen atoms in total. The highest BCUT2D eigenvalue weighted by Gasteiger charge is 2.28. The first kappa shape index (κ1) is 15.0. The number of nitrogens with zero attached hydrogens (tertiary/aromatic N) is 2. The smallest absolute Gasteiger partial charge is 0.275 e. The molecule has 0 radical (unpaired) electrons. The molecule has 1 N–H and O–H groups in total. The van der Waals surface area contributed by atoms with Crippen LogP contribution in [0, 0.1) is 12.8 Å². The van der Waals surface area contributed by atoms with Crippen molar-refractivity contribution in [2.45, 2.75) is 25.7 Å². The maximum absolute atomic E-state index is 12.1. The van der Waals surface area contributed by atoms with E-state index in [1.54, 1.807) is 7.05 Å². The number of aromatic amines is 1. The van der Waals surface area contributed by atoms with Gasteiger partial charge in [-0.3, -0.25) is 9.89 Å². The molecule has 8 heteroatoms. The van der Waals surface area contributed by atoms with E-state index in [0.29, 0.717) is 6.54 Å². The quantitative estimate of drug-likeness (QED) is 0.850. The SMILES string of the molecule is Cc1[nH]nc(C(=O)N(C)CC(C)C)c1S(=O)(=O)Cl. The fourth-order valence-electron chi connectivity index (χ4n) is 1.67. The van der Waals surface area contributed by atoms with Crippen LogP contribution in [0.5, 0.6) is 0 Å². The summed E-state index contributed by atoms with van der Waals surface area (Å²) in [4.78, 5) is 13.3. The van der Waals surface area contributed by atoms with Gasteiger partial charge in [0.1, 0.15) is 4.90 Å². The Bertz CT molecular complexity index is 551. The van der Waals surface area contributed by atoms with Gasteiger partial charge in [0.2, 0.25) is 0 Å². The Morgan fingerprint density at radius 1 is 1.50 bits per heavy atom. The Morgan fingerprint density at radius 2 is 2.06 bits per heavy atom. The van der Waals surface area contributed by atoms with E-state index >= 15 is 0 Å². The van der Waals surface area contributed by atoms with Gasteiger partial charge >= 0.3 is 0 Å². The van der Waals surface area contributed by atoms with E-state index in [0.717, 1.165) is 0 Å². The van der Waals surface area contributed by atoms with Crippen molar-refractivity contribution in [2.24, 2.45) is 5.92 Å². The Labute approximate surface area is 111 Å². The van der Waals surface area contributed by atoms with E-state index in [2.05, 4.69) is 10.2 Å². The highest BCUT2D eigenvalue weighted by Crippen LogP contribution is 2.22. The van der Waals surface area contributed by atoms with Gasteiger partial charge in [0, 0.05) is 24.3 Å². The third-order valence-corrected chi connectivity index (χ3v) is 3.77. The minimum Gasteiger partial charge on any atom is -0.340 e. The lowest BCUT2D eigenvalue weighted by atomic mass is 10.2. The van der Waals surface area contributed by atoms with Gasteiger partial charge in [-0.1, -0.05) is 13.8 Å². The predicted octanol–water partition coefficient (Wildman–Crippen LogP) is 1.37. The van der Waals surface area contributed by atoms with Crippen molar-refractivity contribution >= 4 is 25.6 Å². The topological polar surface area (TPSA) is 83.1 Å². The lowest BCUT2D eigenvalue weighted by Gasteiger charge is -2.18. The fraction of sp³-hybridized carbons (Fsp3) is 0.600. The van der Waals surface area contributed by atoms with E-state index in [1.165, 1.54) is 11.8 Å². The highest BCUT2D eigenvalue weighted by molar-refractivity contribution is 8.13. The van der Waals surface area contributed by atoms with Crippen LogP contribution in [-0.2, 0) is 9.05 Å². The van der Waals surface area contributed by atoms with Crippen molar-refractivity contribution in [1.82, 2.24) is 15.1 Å². The summed E-state index contributed by atoms with van der Waals surface area (Å²) in [6.45, 7) is 5.92. The molecule has 0 aliphatic heterocycles. The summed E-state index contributed by atoms with van der Waals surface area (Å²) >= 11 is 0. The highest BCUT2D eigenvalue weighted by atomic mass is 35.7. The summed E-state index contributed by atoms with van der Waals surface area (Å²) in [5.74, 6) is -0.192. The van der Waals surface area contributed by atoms with Crippen molar-refractivity contribution in [3.8, 4) is 0 Å². The van der Waals surface area contributed by atoms with Crippen molar-refractivity contribution in [1.29, 1.82) is 0 Å². The molecule has 1 heterocycles. The van der Waals surface area contributed by atoms with Crippen molar-refractivity contribution in [3.63, 3.8) is 0 Å². The summed E-state index contributed by atoms with van der Waals surface area (Å²) in [7, 11) is 2.90. The number of aromatic nitrogens is 2. The third kappa shape index (κ3) is 3.23. The molecule has 18 heavy (non-hydrogen) atoms. The molecule has 0 spiro atoms. The second kappa shape index (κ2) is 5.27. The lowest BCUT2D eigenvalue weighted by Crippen LogP contribution is -2.31. The van der Waals surface area contributed by atoms with Crippen molar-refractivity contribution in [3.05, 3.63) is 11.4 Å². The van der Waals surface area contributed by atoms with E-state index < -0.39 is 15.0 Å². The average molecular weight is 294 g/mol. The Kier molecular flexibility index (Phi) is 4.39. The van der Waals surface area contributed by atoms with Gasteiger partial charge in [0.05, 0.1) is 5.69 Å². The molecule has 0 aromatic carbocycles. The first-order chi connectivity index (χ1) is 8.14. The van der Waals surface area contributed by atoms with Crippen LogP contribution in [0.25, 0.3) is 0 Å². The summed E-state index contributed by atoms with van der Waals surface area (Å²) in [6.07, 6.45) is 0. The van der Waals surface area contributed by atoms with Crippen LogP contribution in [0.4, 0.5) is 0 Å². The molecular formula is C10H16ClN3O3S. The van der Waals surface area contributed by atoms with Gasteiger partial charge in [-0.2, -0.15) is 5.10 Å². The van der Waals surface area contributed by atoms with Crippen LogP contribution in [0.2, 0.25) is 0 Å². The molecular weight excluding hydrogens is 278 g/mol. The number of rotatable bonds is 4. The zero-order chi connectivity index (χ0) is 14.1. The second-order valence-electron chi connectivity index (χ2n) is 4.54. The number of halogens is 1. The van der Waals surface area contributed by atoms with Gasteiger partial charge in [-0.15, -0.1) is 0 Å². The number of H-pyrrole nitrogens is 1. The molecule has 0 atom stereocenters. The largest absolute Gasteiger partial charge is 0.340 e. The molecule has 0 bridgehead atoms.